The number of hydrogen-bond acceptors (Lipinski definition) is 6. The summed E-state index contributed by atoms with van der Waals surface area (Å²) in [6.45, 7) is 1.43. The summed E-state index contributed by atoms with van der Waals surface area (Å²) >= 11 is 0.852. The van der Waals surface area contributed by atoms with Crippen LogP contribution in [0.2, 0.25) is 0 Å². The Morgan fingerprint density at radius 3 is 2.88 bits per heavy atom. The third kappa shape index (κ3) is 2.60. The van der Waals surface area contributed by atoms with Crippen LogP contribution in [0.5, 0.6) is 0 Å². The Balaban J connectivity index is 1.65. The van der Waals surface area contributed by atoms with Crippen molar-refractivity contribution in [3.05, 3.63) is 41.7 Å². The molecule has 128 valence electrons. The summed E-state index contributed by atoms with van der Waals surface area (Å²) in [6, 6.07) is 3.50. The zero-order valence-corrected chi connectivity index (χ0v) is 13.5. The largest absolute Gasteiger partial charge is 0.389 e. The summed E-state index contributed by atoms with van der Waals surface area (Å²) in [7, 11) is 0. The fourth-order valence-electron chi connectivity index (χ4n) is 2.60. The summed E-state index contributed by atoms with van der Waals surface area (Å²) in [5.74, 6) is -1.40. The van der Waals surface area contributed by atoms with Crippen molar-refractivity contribution in [3.8, 4) is 10.6 Å². The summed E-state index contributed by atoms with van der Waals surface area (Å²) in [5, 5.41) is 9.99. The number of carbonyl (C=O) groups is 1. The number of nitrogens with two attached hydrogens (primary N) is 1. The van der Waals surface area contributed by atoms with Crippen LogP contribution in [0.3, 0.4) is 0 Å². The zero-order chi connectivity index (χ0) is 17.6. The zero-order valence-electron chi connectivity index (χ0n) is 12.7. The molecule has 0 unspecified atom stereocenters. The molecule has 1 aliphatic heterocycles. The third-order valence-corrected chi connectivity index (χ3v) is 4.65. The maximum absolute atomic E-state index is 13.9. The van der Waals surface area contributed by atoms with Crippen molar-refractivity contribution in [2.75, 3.05) is 22.9 Å². The van der Waals surface area contributed by atoms with E-state index in [2.05, 4.69) is 20.7 Å². The topological polar surface area (TPSA) is 97.9 Å². The molecule has 4 rings (SSSR count). The van der Waals surface area contributed by atoms with Crippen molar-refractivity contribution >= 4 is 33.8 Å². The van der Waals surface area contributed by atoms with E-state index in [0.29, 0.717) is 18.1 Å². The molecule has 0 aliphatic carbocycles. The third-order valence-electron chi connectivity index (χ3n) is 3.75. The average Bonchev–Trinajstić information content (AvgIpc) is 3.25. The van der Waals surface area contributed by atoms with E-state index in [0.717, 1.165) is 30.0 Å². The fraction of sp³-hybridized carbons (Fsp3) is 0.133. The van der Waals surface area contributed by atoms with Gasteiger partial charge in [0.15, 0.2) is 5.69 Å². The van der Waals surface area contributed by atoms with Crippen LogP contribution in [0.15, 0.2) is 24.4 Å². The summed E-state index contributed by atoms with van der Waals surface area (Å²) in [6.07, 6.45) is 1.51. The second kappa shape index (κ2) is 5.81. The Labute approximate surface area is 144 Å². The lowest BCUT2D eigenvalue weighted by molar-refractivity contribution is 0.102. The molecule has 0 radical (unpaired) electrons. The van der Waals surface area contributed by atoms with Crippen molar-refractivity contribution in [1.29, 1.82) is 0 Å². The highest BCUT2D eigenvalue weighted by Crippen LogP contribution is 2.34. The first-order valence-electron chi connectivity index (χ1n) is 7.36. The molecule has 0 spiro atoms. The highest BCUT2D eigenvalue weighted by atomic mass is 32.1. The number of fused-ring (bicyclic) bond motifs is 1. The molecular weight excluding hydrogens is 350 g/mol. The van der Waals surface area contributed by atoms with E-state index in [1.165, 1.54) is 12.3 Å². The van der Waals surface area contributed by atoms with E-state index in [1.54, 1.807) is 4.68 Å². The SMILES string of the molecule is Nc1sc(-c2c(F)cccc2F)nc1C(=O)Nc1cnn2c1NCC2. The first kappa shape index (κ1) is 15.5. The second-order valence-electron chi connectivity index (χ2n) is 5.34. The smallest absolute Gasteiger partial charge is 0.277 e. The quantitative estimate of drug-likeness (QED) is 0.665. The van der Waals surface area contributed by atoms with Gasteiger partial charge in [-0.1, -0.05) is 17.4 Å². The van der Waals surface area contributed by atoms with Crippen molar-refractivity contribution in [2.24, 2.45) is 0 Å². The summed E-state index contributed by atoms with van der Waals surface area (Å²) < 4.78 is 29.5. The highest BCUT2D eigenvalue weighted by molar-refractivity contribution is 7.19. The van der Waals surface area contributed by atoms with E-state index in [-0.39, 0.29) is 21.3 Å². The van der Waals surface area contributed by atoms with Gasteiger partial charge in [-0.25, -0.2) is 18.4 Å². The first-order chi connectivity index (χ1) is 12.0. The normalized spacial score (nSPS) is 12.7. The van der Waals surface area contributed by atoms with Gasteiger partial charge in [-0.15, -0.1) is 0 Å². The molecule has 3 aromatic rings. The number of halogens is 2. The molecule has 0 atom stereocenters. The van der Waals surface area contributed by atoms with Crippen LogP contribution in [0, 0.1) is 11.6 Å². The standard InChI is InChI=1S/C15H12F2N6OS/c16-7-2-1-3-8(17)10(7)15-22-11(12(18)25-15)14(24)21-9-6-20-23-5-4-19-13(9)23/h1-3,6,19H,4-5,18H2,(H,21,24). The van der Waals surface area contributed by atoms with E-state index in [4.69, 9.17) is 5.73 Å². The molecule has 1 amide bonds. The number of benzene rings is 1. The maximum Gasteiger partial charge on any atom is 0.277 e. The minimum atomic E-state index is -0.764. The number of carbonyl (C=O) groups excluding carboxylic acids is 1. The number of anilines is 3. The minimum Gasteiger partial charge on any atom is -0.389 e. The van der Waals surface area contributed by atoms with Crippen LogP contribution in [0.4, 0.5) is 25.3 Å². The van der Waals surface area contributed by atoms with Crippen molar-refractivity contribution < 1.29 is 13.6 Å². The Hall–Kier alpha value is -3.01. The van der Waals surface area contributed by atoms with Gasteiger partial charge in [0.2, 0.25) is 0 Å². The van der Waals surface area contributed by atoms with Crippen LogP contribution in [0.1, 0.15) is 10.5 Å². The monoisotopic (exact) mass is 362 g/mol. The number of amides is 1. The van der Waals surface area contributed by atoms with Crippen molar-refractivity contribution in [1.82, 2.24) is 14.8 Å². The molecule has 1 aliphatic rings. The van der Waals surface area contributed by atoms with Gasteiger partial charge < -0.3 is 16.4 Å². The summed E-state index contributed by atoms with van der Waals surface area (Å²) in [5.41, 5.74) is 5.95. The number of nitrogen functional groups attached to an aromatic ring is 1. The van der Waals surface area contributed by atoms with Crippen molar-refractivity contribution in [3.63, 3.8) is 0 Å². The van der Waals surface area contributed by atoms with Crippen LogP contribution >= 0.6 is 11.3 Å². The molecule has 7 nitrogen and oxygen atoms in total. The molecular formula is C15H12F2N6OS. The van der Waals surface area contributed by atoms with Crippen LogP contribution < -0.4 is 16.4 Å². The molecule has 0 bridgehead atoms. The number of thiazole rings is 1. The number of nitrogens with zero attached hydrogens (tertiary/aromatic N) is 3. The van der Waals surface area contributed by atoms with Gasteiger partial charge in [0.25, 0.3) is 5.91 Å². The molecule has 3 heterocycles. The van der Waals surface area contributed by atoms with E-state index in [9.17, 15) is 13.6 Å². The first-order valence-corrected chi connectivity index (χ1v) is 8.18. The van der Waals surface area contributed by atoms with Crippen LogP contribution in [-0.4, -0.2) is 27.2 Å². The molecule has 4 N–H and O–H groups in total. The molecule has 0 saturated carbocycles. The molecule has 0 fully saturated rings. The maximum atomic E-state index is 13.9. The second-order valence-corrected chi connectivity index (χ2v) is 6.37. The van der Waals surface area contributed by atoms with E-state index >= 15 is 0 Å². The average molecular weight is 362 g/mol. The molecule has 10 heteroatoms. The molecule has 1 aromatic carbocycles. The van der Waals surface area contributed by atoms with Gasteiger partial charge in [0.05, 0.1) is 18.3 Å². The molecule has 0 saturated heterocycles. The highest BCUT2D eigenvalue weighted by Gasteiger charge is 2.23. The van der Waals surface area contributed by atoms with Crippen molar-refractivity contribution in [2.45, 2.75) is 6.54 Å². The van der Waals surface area contributed by atoms with Crippen LogP contribution in [-0.2, 0) is 6.54 Å². The Bertz CT molecular complexity index is 962. The van der Waals surface area contributed by atoms with Gasteiger partial charge in [-0.2, -0.15) is 5.10 Å². The number of nitrogens with one attached hydrogen (secondary N) is 2. The van der Waals surface area contributed by atoms with Gasteiger partial charge >= 0.3 is 0 Å². The van der Waals surface area contributed by atoms with Gasteiger partial charge in [-0.05, 0) is 12.1 Å². The Kier molecular flexibility index (Phi) is 3.61. The predicted molar refractivity (Wildman–Crippen MR) is 90.5 cm³/mol. The van der Waals surface area contributed by atoms with Gasteiger partial charge in [-0.3, -0.25) is 4.79 Å². The van der Waals surface area contributed by atoms with E-state index < -0.39 is 17.5 Å². The van der Waals surface area contributed by atoms with Crippen LogP contribution in [0.25, 0.3) is 10.6 Å². The Morgan fingerprint density at radius 2 is 2.12 bits per heavy atom. The Morgan fingerprint density at radius 1 is 1.36 bits per heavy atom. The minimum absolute atomic E-state index is 0.0108. The lowest BCUT2D eigenvalue weighted by Crippen LogP contribution is -2.14. The van der Waals surface area contributed by atoms with Gasteiger partial charge in [0.1, 0.15) is 33.1 Å². The number of rotatable bonds is 3. The molecule has 2 aromatic heterocycles. The predicted octanol–water partition coefficient (Wildman–Crippen LogP) is 2.54. The fourth-order valence-corrected chi connectivity index (χ4v) is 3.48. The molecule has 25 heavy (non-hydrogen) atoms. The number of aromatic nitrogens is 3. The summed E-state index contributed by atoms with van der Waals surface area (Å²) in [4.78, 5) is 16.5. The lowest BCUT2D eigenvalue weighted by Gasteiger charge is -2.03. The lowest BCUT2D eigenvalue weighted by atomic mass is 10.2. The van der Waals surface area contributed by atoms with E-state index in [1.807, 2.05) is 0 Å². The number of hydrogen-bond donors (Lipinski definition) is 3. The van der Waals surface area contributed by atoms with Gasteiger partial charge in [0, 0.05) is 6.54 Å².